The minimum absolute atomic E-state index is 0.0367. The largest absolute Gasteiger partial charge is 0.395 e. The molecule has 2 amide bonds. The van der Waals surface area contributed by atoms with E-state index in [4.69, 9.17) is 13.8 Å². The van der Waals surface area contributed by atoms with Crippen LogP contribution in [0.5, 0.6) is 0 Å². The molecule has 0 spiro atoms. The van der Waals surface area contributed by atoms with Gasteiger partial charge < -0.3 is 29.5 Å². The Morgan fingerprint density at radius 2 is 1.12 bits per heavy atom. The molecule has 3 N–H and O–H groups in total. The number of hydrogen-bond acceptors (Lipinski definition) is 12. The number of carbonyl (C=O) groups excluding carboxylic acids is 2. The van der Waals surface area contributed by atoms with Crippen molar-refractivity contribution in [3.63, 3.8) is 0 Å². The molecule has 278 valence electrons. The highest BCUT2D eigenvalue weighted by Crippen LogP contribution is 2.34. The molecule has 0 radical (unpaired) electrons. The number of carbonyl (C=O) groups is 2. The molecule has 0 aliphatic heterocycles. The summed E-state index contributed by atoms with van der Waals surface area (Å²) < 4.78 is 62.8. The van der Waals surface area contributed by atoms with Crippen LogP contribution in [0.15, 0.2) is 21.2 Å². The van der Waals surface area contributed by atoms with Gasteiger partial charge >= 0.3 is 0 Å². The molecule has 16 heteroatoms. The van der Waals surface area contributed by atoms with Crippen LogP contribution in [0.1, 0.15) is 105 Å². The van der Waals surface area contributed by atoms with Gasteiger partial charge in [0.25, 0.3) is 0 Å². The van der Waals surface area contributed by atoms with Gasteiger partial charge in [-0.1, -0.05) is 50.8 Å². The van der Waals surface area contributed by atoms with Crippen molar-refractivity contribution in [3.05, 3.63) is 23.7 Å². The van der Waals surface area contributed by atoms with Gasteiger partial charge in [0.1, 0.15) is 21.0 Å². The number of rotatable bonds is 15. The average molecular weight is 731 g/mol. The summed E-state index contributed by atoms with van der Waals surface area (Å²) in [6.45, 7) is 13.4. The van der Waals surface area contributed by atoms with Crippen molar-refractivity contribution in [2.24, 2.45) is 11.8 Å². The summed E-state index contributed by atoms with van der Waals surface area (Å²) in [7, 11) is -5.54. The number of anilines is 2. The summed E-state index contributed by atoms with van der Waals surface area (Å²) in [5.74, 6) is 0.499. The smallest absolute Gasteiger partial charge is 0.246 e. The number of ether oxygens (including phenoxy) is 1. The van der Waals surface area contributed by atoms with Crippen LogP contribution in [0.25, 0.3) is 0 Å². The molecule has 2 aliphatic carbocycles. The Labute approximate surface area is 290 Å². The first-order chi connectivity index (χ1) is 22.5. The lowest BCUT2D eigenvalue weighted by Gasteiger charge is -2.30. The highest BCUT2D eigenvalue weighted by Gasteiger charge is 2.45. The Bertz CT molecular complexity index is 1670. The molecule has 0 atom stereocenters. The molecule has 2 heterocycles. The Kier molecular flexibility index (Phi) is 12.6. The second kappa shape index (κ2) is 15.2. The van der Waals surface area contributed by atoms with Gasteiger partial charge in [0, 0.05) is 30.1 Å². The Morgan fingerprint density at radius 3 is 1.43 bits per heavy atom. The fraction of sp³-hybridized carbons (Fsp3) is 0.758. The highest BCUT2D eigenvalue weighted by molar-refractivity contribution is 7.93. The first-order valence-corrected chi connectivity index (χ1v) is 19.9. The van der Waals surface area contributed by atoms with E-state index in [1.165, 1.54) is 33.8 Å². The maximum Gasteiger partial charge on any atom is 0.246 e. The van der Waals surface area contributed by atoms with Crippen LogP contribution >= 0.6 is 0 Å². The predicted octanol–water partition coefficient (Wildman–Crippen LogP) is 4.41. The fourth-order valence-electron chi connectivity index (χ4n) is 4.99. The molecule has 4 rings (SSSR count). The number of sulfone groups is 2. The van der Waals surface area contributed by atoms with Crippen molar-refractivity contribution in [3.8, 4) is 0 Å². The van der Waals surface area contributed by atoms with Gasteiger partial charge in [0.05, 0.1) is 24.7 Å². The molecular weight excluding hydrogens is 677 g/mol. The van der Waals surface area contributed by atoms with E-state index in [0.717, 1.165) is 38.5 Å². The Balaban J connectivity index is 0.000000266. The molecule has 2 saturated carbocycles. The van der Waals surface area contributed by atoms with Crippen LogP contribution in [0.4, 0.5) is 11.6 Å². The van der Waals surface area contributed by atoms with Gasteiger partial charge in [-0.2, -0.15) is 0 Å². The van der Waals surface area contributed by atoms with E-state index < -0.39 is 51.8 Å². The van der Waals surface area contributed by atoms with Crippen LogP contribution in [-0.2, 0) is 44.8 Å². The zero-order valence-electron chi connectivity index (χ0n) is 30.2. The maximum absolute atomic E-state index is 12.6. The van der Waals surface area contributed by atoms with E-state index in [1.54, 1.807) is 27.0 Å². The normalized spacial score (nSPS) is 16.6. The van der Waals surface area contributed by atoms with Crippen LogP contribution < -0.4 is 10.6 Å². The van der Waals surface area contributed by atoms with Crippen LogP contribution in [0, 0.1) is 11.8 Å². The third-order valence-corrected chi connectivity index (χ3v) is 15.0. The standard InChI is InChI=1S/C17H28N2O5S.C16H26N2O5S/c1-16(2,11-23-5)13-9-14(19-24-13)18-15(20)17(3,4)25(21,22)10-12-7-6-8-12;1-15(2,10-19)12-8-13(18-23-12)17-14(20)16(3,4)24(21,22)9-11-6-5-7-11/h9,12H,6-8,10-11H2,1-5H3,(H,18,19,20);8,11,19H,5-7,9-10H2,1-4H3,(H,17,18,20). The van der Waals surface area contributed by atoms with E-state index in [-0.39, 0.29) is 41.6 Å². The Hall–Kier alpha value is -2.82. The SMILES string of the molecule is CC(C)(CO)c1cc(NC(=O)C(C)(C)S(=O)(=O)CC2CCC2)no1.COCC(C)(C)c1cc(NC(=O)C(C)(C)S(=O)(=O)CC2CCC2)no1. The molecular formula is C33H54N4O10S2. The summed E-state index contributed by atoms with van der Waals surface area (Å²) in [6.07, 6.45) is 5.75. The molecule has 0 aromatic carbocycles. The van der Waals surface area contributed by atoms with Gasteiger partial charge in [0.15, 0.2) is 31.3 Å². The quantitative estimate of drug-likeness (QED) is 0.233. The first kappa shape index (κ1) is 40.6. The van der Waals surface area contributed by atoms with Gasteiger partial charge in [-0.15, -0.1) is 0 Å². The summed E-state index contributed by atoms with van der Waals surface area (Å²) in [6, 6.07) is 3.11. The second-order valence-corrected chi connectivity index (χ2v) is 20.8. The van der Waals surface area contributed by atoms with Crippen molar-refractivity contribution >= 4 is 43.1 Å². The Morgan fingerprint density at radius 1 is 0.755 bits per heavy atom. The average Bonchev–Trinajstić information content (AvgIpc) is 3.64. The molecule has 14 nitrogen and oxygen atoms in total. The zero-order valence-corrected chi connectivity index (χ0v) is 31.8. The van der Waals surface area contributed by atoms with Crippen LogP contribution in [-0.4, -0.2) is 85.4 Å². The molecule has 0 bridgehead atoms. The van der Waals surface area contributed by atoms with Crippen LogP contribution in [0.2, 0.25) is 0 Å². The molecule has 2 aromatic heterocycles. The van der Waals surface area contributed by atoms with Crippen molar-refractivity contribution in [1.82, 2.24) is 10.3 Å². The van der Waals surface area contributed by atoms with E-state index in [2.05, 4.69) is 20.9 Å². The molecule has 2 fully saturated rings. The number of nitrogens with one attached hydrogen (secondary N) is 2. The molecule has 49 heavy (non-hydrogen) atoms. The molecule has 0 unspecified atom stereocenters. The lowest BCUT2D eigenvalue weighted by Crippen LogP contribution is -2.47. The molecule has 2 aromatic rings. The number of aliphatic hydroxyl groups is 1. The van der Waals surface area contributed by atoms with Gasteiger partial charge in [-0.25, -0.2) is 16.8 Å². The monoisotopic (exact) mass is 730 g/mol. The van der Waals surface area contributed by atoms with Crippen molar-refractivity contribution in [2.45, 2.75) is 114 Å². The summed E-state index contributed by atoms with van der Waals surface area (Å²) in [5.41, 5.74) is -1.04. The van der Waals surface area contributed by atoms with E-state index >= 15 is 0 Å². The second-order valence-electron chi connectivity index (χ2n) is 15.6. The topological polar surface area (TPSA) is 208 Å². The lowest BCUT2D eigenvalue weighted by atomic mass is 9.87. The summed E-state index contributed by atoms with van der Waals surface area (Å²) in [4.78, 5) is 25.0. The number of methoxy groups -OCH3 is 1. The minimum Gasteiger partial charge on any atom is -0.395 e. The highest BCUT2D eigenvalue weighted by atomic mass is 32.2. The number of hydrogen-bond donors (Lipinski definition) is 3. The predicted molar refractivity (Wildman–Crippen MR) is 186 cm³/mol. The van der Waals surface area contributed by atoms with E-state index in [9.17, 15) is 31.5 Å². The minimum atomic E-state index is -3.58. The lowest BCUT2D eigenvalue weighted by molar-refractivity contribution is -0.118. The summed E-state index contributed by atoms with van der Waals surface area (Å²) >= 11 is 0. The number of nitrogens with zero attached hydrogens (tertiary/aromatic N) is 2. The third-order valence-electron chi connectivity index (χ3n) is 9.75. The van der Waals surface area contributed by atoms with Crippen molar-refractivity contribution in [1.29, 1.82) is 0 Å². The number of aromatic nitrogens is 2. The fourth-order valence-corrected chi connectivity index (χ4v) is 8.40. The molecule has 0 saturated heterocycles. The van der Waals surface area contributed by atoms with Gasteiger partial charge in [-0.3, -0.25) is 9.59 Å². The van der Waals surface area contributed by atoms with Crippen molar-refractivity contribution < 1.29 is 45.3 Å². The third kappa shape index (κ3) is 9.50. The van der Waals surface area contributed by atoms with Gasteiger partial charge in [0.2, 0.25) is 11.8 Å². The number of amides is 2. The zero-order chi connectivity index (χ0) is 37.1. The molecule has 2 aliphatic rings. The van der Waals surface area contributed by atoms with Crippen LogP contribution in [0.3, 0.4) is 0 Å². The van der Waals surface area contributed by atoms with E-state index in [0.29, 0.717) is 18.1 Å². The number of aliphatic hydroxyl groups excluding tert-OH is 1. The maximum atomic E-state index is 12.6. The van der Waals surface area contributed by atoms with E-state index in [1.807, 2.05) is 13.8 Å². The van der Waals surface area contributed by atoms with Gasteiger partial charge in [-0.05, 0) is 65.2 Å². The van der Waals surface area contributed by atoms with Crippen molar-refractivity contribution in [2.75, 3.05) is 42.5 Å². The summed E-state index contributed by atoms with van der Waals surface area (Å²) in [5, 5.41) is 22.0. The first-order valence-electron chi connectivity index (χ1n) is 16.6.